The van der Waals surface area contributed by atoms with Gasteiger partial charge in [0.1, 0.15) is 11.5 Å². The molecule has 0 aliphatic rings. The molecule has 0 fully saturated rings. The van der Waals surface area contributed by atoms with Gasteiger partial charge in [0, 0.05) is 29.0 Å². The summed E-state index contributed by atoms with van der Waals surface area (Å²) in [7, 11) is 0. The lowest BCUT2D eigenvalue weighted by atomic mass is 10.1. The summed E-state index contributed by atoms with van der Waals surface area (Å²) in [6.45, 7) is 0.333. The Morgan fingerprint density at radius 3 is 2.95 bits per heavy atom. The van der Waals surface area contributed by atoms with Gasteiger partial charge in [-0.1, -0.05) is 22.8 Å². The van der Waals surface area contributed by atoms with E-state index in [1.165, 1.54) is 18.3 Å². The number of nitrogens with one attached hydrogen (secondary N) is 1. The molecular weight excluding hydrogens is 283 g/mol. The molecule has 0 aliphatic carbocycles. The molecule has 1 aromatic heterocycles. The Morgan fingerprint density at radius 1 is 1.45 bits per heavy atom. The summed E-state index contributed by atoms with van der Waals surface area (Å²) in [6, 6.07) is 7.65. The fourth-order valence-electron chi connectivity index (χ4n) is 1.71. The van der Waals surface area contributed by atoms with Gasteiger partial charge < -0.3 is 16.3 Å². The molecule has 0 unspecified atom stereocenters. The monoisotopic (exact) mass is 294 g/mol. The van der Waals surface area contributed by atoms with Crippen LogP contribution in [-0.4, -0.2) is 16.0 Å². The van der Waals surface area contributed by atoms with Crippen LogP contribution in [0.4, 0.5) is 10.1 Å². The first-order valence-corrected chi connectivity index (χ1v) is 6.09. The van der Waals surface area contributed by atoms with Crippen molar-refractivity contribution in [3.8, 4) is 0 Å². The maximum absolute atomic E-state index is 13.2. The maximum Gasteiger partial charge on any atom is 0.189 e. The molecule has 2 rings (SSSR count). The number of benzene rings is 1. The largest absolute Gasteiger partial charge is 0.409 e. The number of rotatable bonds is 4. The normalized spacial score (nSPS) is 11.4. The van der Waals surface area contributed by atoms with E-state index in [1.807, 2.05) is 0 Å². The molecule has 0 radical (unpaired) electrons. The summed E-state index contributed by atoms with van der Waals surface area (Å²) in [5.74, 6) is -0.512. The van der Waals surface area contributed by atoms with E-state index in [4.69, 9.17) is 22.5 Å². The zero-order valence-electron chi connectivity index (χ0n) is 10.3. The van der Waals surface area contributed by atoms with E-state index in [0.29, 0.717) is 28.5 Å². The average Bonchev–Trinajstić information content (AvgIpc) is 2.43. The average molecular weight is 295 g/mol. The van der Waals surface area contributed by atoms with Gasteiger partial charge in [-0.25, -0.2) is 4.39 Å². The third-order valence-corrected chi connectivity index (χ3v) is 2.81. The molecule has 0 aliphatic heterocycles. The lowest BCUT2D eigenvalue weighted by Gasteiger charge is -2.10. The Bertz CT molecular complexity index is 628. The van der Waals surface area contributed by atoms with Crippen molar-refractivity contribution < 1.29 is 9.60 Å². The van der Waals surface area contributed by atoms with E-state index in [0.717, 1.165) is 0 Å². The highest BCUT2D eigenvalue weighted by Crippen LogP contribution is 2.19. The standard InChI is InChI=1S/C13H12ClFN4O/c14-9-4-10(15)6-11(5-9)18-7-8-2-1-3-17-12(8)13(16)19-20/h1-6,18,20H,7H2,(H2,16,19). The van der Waals surface area contributed by atoms with Crippen molar-refractivity contribution in [1.29, 1.82) is 0 Å². The third kappa shape index (κ3) is 3.36. The van der Waals surface area contributed by atoms with Gasteiger partial charge in [-0.2, -0.15) is 0 Å². The van der Waals surface area contributed by atoms with Crippen molar-refractivity contribution in [3.63, 3.8) is 0 Å². The lowest BCUT2D eigenvalue weighted by Crippen LogP contribution is -2.18. The predicted octanol–water partition coefficient (Wildman–Crippen LogP) is 2.58. The van der Waals surface area contributed by atoms with Crippen LogP contribution in [0, 0.1) is 5.82 Å². The van der Waals surface area contributed by atoms with E-state index >= 15 is 0 Å². The van der Waals surface area contributed by atoms with Crippen LogP contribution in [0.3, 0.4) is 0 Å². The van der Waals surface area contributed by atoms with Crippen LogP contribution in [0.25, 0.3) is 0 Å². The molecule has 2 aromatic rings. The first-order chi connectivity index (χ1) is 9.60. The smallest absolute Gasteiger partial charge is 0.189 e. The van der Waals surface area contributed by atoms with Gasteiger partial charge in [0.05, 0.1) is 0 Å². The van der Waals surface area contributed by atoms with E-state index in [9.17, 15) is 4.39 Å². The molecular formula is C13H12ClFN4O. The van der Waals surface area contributed by atoms with Gasteiger partial charge in [-0.05, 0) is 24.3 Å². The van der Waals surface area contributed by atoms with Gasteiger partial charge in [0.2, 0.25) is 0 Å². The first kappa shape index (κ1) is 14.1. The van der Waals surface area contributed by atoms with Crippen LogP contribution in [0.1, 0.15) is 11.3 Å². The van der Waals surface area contributed by atoms with Gasteiger partial charge in [-0.3, -0.25) is 4.98 Å². The number of amidine groups is 1. The number of aromatic nitrogens is 1. The molecule has 5 nitrogen and oxygen atoms in total. The highest BCUT2D eigenvalue weighted by molar-refractivity contribution is 6.30. The molecule has 0 saturated heterocycles. The highest BCUT2D eigenvalue weighted by Gasteiger charge is 2.08. The molecule has 1 aromatic carbocycles. The summed E-state index contributed by atoms with van der Waals surface area (Å²) >= 11 is 5.77. The summed E-state index contributed by atoms with van der Waals surface area (Å²) in [6.07, 6.45) is 1.54. The van der Waals surface area contributed by atoms with E-state index in [1.54, 1.807) is 18.2 Å². The zero-order valence-corrected chi connectivity index (χ0v) is 11.1. The van der Waals surface area contributed by atoms with Gasteiger partial charge in [-0.15, -0.1) is 0 Å². The Balaban J connectivity index is 2.19. The second-order valence-corrected chi connectivity index (χ2v) is 4.44. The SMILES string of the molecule is N/C(=N/O)c1ncccc1CNc1cc(F)cc(Cl)c1. The number of nitrogens with two attached hydrogens (primary N) is 1. The van der Waals surface area contributed by atoms with Gasteiger partial charge in [0.15, 0.2) is 5.84 Å². The minimum atomic E-state index is -0.428. The number of pyridine rings is 1. The quantitative estimate of drug-likeness (QED) is 0.350. The van der Waals surface area contributed by atoms with Gasteiger partial charge >= 0.3 is 0 Å². The van der Waals surface area contributed by atoms with E-state index in [-0.39, 0.29) is 5.84 Å². The predicted molar refractivity (Wildman–Crippen MR) is 75.5 cm³/mol. The zero-order chi connectivity index (χ0) is 14.5. The molecule has 0 amide bonds. The molecule has 0 atom stereocenters. The number of nitrogens with zero attached hydrogens (tertiary/aromatic N) is 2. The summed E-state index contributed by atoms with van der Waals surface area (Å²) < 4.78 is 13.2. The van der Waals surface area contributed by atoms with Crippen molar-refractivity contribution >= 4 is 23.1 Å². The number of oxime groups is 1. The molecule has 20 heavy (non-hydrogen) atoms. The molecule has 0 saturated carbocycles. The lowest BCUT2D eigenvalue weighted by molar-refractivity contribution is 0.318. The first-order valence-electron chi connectivity index (χ1n) is 5.72. The van der Waals surface area contributed by atoms with Crippen molar-refractivity contribution in [2.75, 3.05) is 5.32 Å². The van der Waals surface area contributed by atoms with Crippen molar-refractivity contribution in [3.05, 3.63) is 58.6 Å². The second kappa shape index (κ2) is 6.21. The topological polar surface area (TPSA) is 83.5 Å². The maximum atomic E-state index is 13.2. The number of hydrogen-bond donors (Lipinski definition) is 3. The van der Waals surface area contributed by atoms with Crippen molar-refractivity contribution in [2.45, 2.75) is 6.54 Å². The number of anilines is 1. The van der Waals surface area contributed by atoms with E-state index < -0.39 is 5.82 Å². The second-order valence-electron chi connectivity index (χ2n) is 4.01. The molecule has 4 N–H and O–H groups in total. The van der Waals surface area contributed by atoms with Gasteiger partial charge in [0.25, 0.3) is 0 Å². The Kier molecular flexibility index (Phi) is 4.37. The molecule has 1 heterocycles. The minimum absolute atomic E-state index is 0.0836. The summed E-state index contributed by atoms with van der Waals surface area (Å²) in [4.78, 5) is 4.04. The van der Waals surface area contributed by atoms with Crippen LogP contribution in [0.2, 0.25) is 5.02 Å². The number of halogens is 2. The highest BCUT2D eigenvalue weighted by atomic mass is 35.5. The molecule has 0 spiro atoms. The van der Waals surface area contributed by atoms with Crippen LogP contribution in [0.15, 0.2) is 41.7 Å². The Hall–Kier alpha value is -2.34. The Labute approximate surface area is 119 Å². The van der Waals surface area contributed by atoms with Crippen LogP contribution < -0.4 is 11.1 Å². The third-order valence-electron chi connectivity index (χ3n) is 2.59. The summed E-state index contributed by atoms with van der Waals surface area (Å²) in [5.41, 5.74) is 7.15. The van der Waals surface area contributed by atoms with E-state index in [2.05, 4.69) is 15.5 Å². The van der Waals surface area contributed by atoms with Crippen LogP contribution in [0.5, 0.6) is 0 Å². The summed E-state index contributed by atoms with van der Waals surface area (Å²) in [5, 5.41) is 14.9. The van der Waals surface area contributed by atoms with Crippen LogP contribution >= 0.6 is 11.6 Å². The van der Waals surface area contributed by atoms with Crippen molar-refractivity contribution in [1.82, 2.24) is 4.98 Å². The minimum Gasteiger partial charge on any atom is -0.409 e. The Morgan fingerprint density at radius 2 is 2.25 bits per heavy atom. The molecule has 0 bridgehead atoms. The van der Waals surface area contributed by atoms with Crippen molar-refractivity contribution in [2.24, 2.45) is 10.9 Å². The number of hydrogen-bond acceptors (Lipinski definition) is 4. The molecule has 7 heteroatoms. The van der Waals surface area contributed by atoms with Crippen LogP contribution in [-0.2, 0) is 6.54 Å². The fraction of sp³-hybridized carbons (Fsp3) is 0.0769. The molecule has 104 valence electrons. The fourth-order valence-corrected chi connectivity index (χ4v) is 1.93.